The topological polar surface area (TPSA) is 41.1 Å². The van der Waals surface area contributed by atoms with Crippen molar-refractivity contribution in [1.82, 2.24) is 14.9 Å². The molecule has 2 heterocycles. The summed E-state index contributed by atoms with van der Waals surface area (Å²) in [7, 11) is 0. The zero-order valence-corrected chi connectivity index (χ0v) is 14.2. The molecule has 0 radical (unpaired) electrons. The normalized spacial score (nSPS) is 18.2. The summed E-state index contributed by atoms with van der Waals surface area (Å²) in [5.74, 6) is 0.313. The summed E-state index contributed by atoms with van der Waals surface area (Å²) in [6, 6.07) is 12.8. The summed E-state index contributed by atoms with van der Waals surface area (Å²) < 4.78 is 31.9. The first-order chi connectivity index (χ1) is 12.7. The molecule has 2 aromatic carbocycles. The van der Waals surface area contributed by atoms with Gasteiger partial charge in [-0.3, -0.25) is 4.90 Å². The van der Waals surface area contributed by atoms with Gasteiger partial charge in [-0.05, 0) is 47.5 Å². The van der Waals surface area contributed by atoms with Crippen LogP contribution < -0.4 is 0 Å². The predicted octanol–water partition coefficient (Wildman–Crippen LogP) is 3.93. The molecule has 0 bridgehead atoms. The van der Waals surface area contributed by atoms with Crippen LogP contribution in [0.25, 0.3) is 11.3 Å². The number of H-pyrrole nitrogens is 1. The van der Waals surface area contributed by atoms with E-state index in [0.717, 1.165) is 29.2 Å². The van der Waals surface area contributed by atoms with Gasteiger partial charge in [0, 0.05) is 13.1 Å². The minimum absolute atomic E-state index is 0.0111. The molecule has 1 atom stereocenters. The fraction of sp³-hybridized carbons (Fsp3) is 0.250. The van der Waals surface area contributed by atoms with Crippen molar-refractivity contribution in [2.75, 3.05) is 19.8 Å². The average molecular weight is 355 g/mol. The molecule has 26 heavy (non-hydrogen) atoms. The van der Waals surface area contributed by atoms with Crippen LogP contribution in [0.2, 0.25) is 0 Å². The Bertz CT molecular complexity index is 862. The third-order valence-electron chi connectivity index (χ3n) is 4.60. The van der Waals surface area contributed by atoms with E-state index < -0.39 is 0 Å². The molecule has 6 heteroatoms. The smallest absolute Gasteiger partial charge is 0.126 e. The van der Waals surface area contributed by atoms with Gasteiger partial charge in [-0.25, -0.2) is 13.8 Å². The summed E-state index contributed by atoms with van der Waals surface area (Å²) >= 11 is 0. The van der Waals surface area contributed by atoms with E-state index in [1.54, 1.807) is 30.5 Å². The maximum atomic E-state index is 13.1. The molecule has 4 nitrogen and oxygen atoms in total. The number of morpholine rings is 1. The van der Waals surface area contributed by atoms with Crippen molar-refractivity contribution >= 4 is 0 Å². The number of aromatic amines is 1. The number of rotatable bonds is 4. The number of benzene rings is 2. The Kier molecular flexibility index (Phi) is 4.77. The highest BCUT2D eigenvalue weighted by Gasteiger charge is 2.27. The molecule has 0 aliphatic carbocycles. The van der Waals surface area contributed by atoms with E-state index in [4.69, 9.17) is 4.74 Å². The SMILES string of the molecule is Fc1ccc(CN2CCOCC2c2ncc(-c3ccc(F)cc3)[nH]2)cc1. The fourth-order valence-corrected chi connectivity index (χ4v) is 3.19. The molecule has 134 valence electrons. The van der Waals surface area contributed by atoms with Crippen LogP contribution in [0, 0.1) is 11.6 Å². The molecule has 1 aliphatic heterocycles. The molecule has 4 rings (SSSR count). The molecule has 3 aromatic rings. The highest BCUT2D eigenvalue weighted by molar-refractivity contribution is 5.58. The van der Waals surface area contributed by atoms with Crippen LogP contribution in [0.15, 0.2) is 54.7 Å². The number of ether oxygens (including phenoxy) is 1. The molecule has 1 aromatic heterocycles. The maximum Gasteiger partial charge on any atom is 0.126 e. The largest absolute Gasteiger partial charge is 0.378 e. The van der Waals surface area contributed by atoms with E-state index in [1.165, 1.54) is 24.3 Å². The molecule has 1 N–H and O–H groups in total. The van der Waals surface area contributed by atoms with E-state index in [2.05, 4.69) is 14.9 Å². The van der Waals surface area contributed by atoms with Gasteiger partial charge in [0.1, 0.15) is 17.5 Å². The quantitative estimate of drug-likeness (QED) is 0.771. The molecule has 0 spiro atoms. The molecule has 1 aliphatic rings. The first kappa shape index (κ1) is 16.9. The number of nitrogens with zero attached hydrogens (tertiary/aromatic N) is 2. The Labute approximate surface area is 150 Å². The van der Waals surface area contributed by atoms with E-state index in [0.29, 0.717) is 19.8 Å². The van der Waals surface area contributed by atoms with Gasteiger partial charge in [-0.15, -0.1) is 0 Å². The standard InChI is InChI=1S/C20H19F2N3O/c21-16-5-1-14(2-6-16)12-25-9-10-26-13-19(25)20-23-11-18(24-20)15-3-7-17(22)8-4-15/h1-8,11,19H,9-10,12-13H2,(H,23,24). The minimum Gasteiger partial charge on any atom is -0.378 e. The lowest BCUT2D eigenvalue weighted by Crippen LogP contribution is -2.39. The zero-order valence-electron chi connectivity index (χ0n) is 14.2. The van der Waals surface area contributed by atoms with Gasteiger partial charge in [0.05, 0.1) is 31.1 Å². The van der Waals surface area contributed by atoms with Crippen molar-refractivity contribution in [3.05, 3.63) is 77.8 Å². The van der Waals surface area contributed by atoms with Crippen LogP contribution in [0.3, 0.4) is 0 Å². The third-order valence-corrected chi connectivity index (χ3v) is 4.60. The molecular formula is C20H19F2N3O. The van der Waals surface area contributed by atoms with Gasteiger partial charge in [-0.2, -0.15) is 0 Å². The average Bonchev–Trinajstić information content (AvgIpc) is 3.15. The number of hydrogen-bond donors (Lipinski definition) is 1. The Morgan fingerprint density at radius 3 is 2.46 bits per heavy atom. The van der Waals surface area contributed by atoms with Crippen LogP contribution in [0.1, 0.15) is 17.4 Å². The van der Waals surface area contributed by atoms with Crippen molar-refractivity contribution in [2.45, 2.75) is 12.6 Å². The van der Waals surface area contributed by atoms with Gasteiger partial charge in [0.2, 0.25) is 0 Å². The van der Waals surface area contributed by atoms with E-state index in [-0.39, 0.29) is 17.7 Å². The molecule has 1 unspecified atom stereocenters. The van der Waals surface area contributed by atoms with E-state index >= 15 is 0 Å². The van der Waals surface area contributed by atoms with Gasteiger partial charge in [-0.1, -0.05) is 12.1 Å². The lowest BCUT2D eigenvalue weighted by atomic mass is 10.1. The molecule has 1 fully saturated rings. The Balaban J connectivity index is 1.54. The summed E-state index contributed by atoms with van der Waals surface area (Å²) in [6.07, 6.45) is 1.76. The molecular weight excluding hydrogens is 336 g/mol. The van der Waals surface area contributed by atoms with Crippen molar-refractivity contribution in [3.63, 3.8) is 0 Å². The number of hydrogen-bond acceptors (Lipinski definition) is 3. The number of imidazole rings is 1. The van der Waals surface area contributed by atoms with Gasteiger partial charge >= 0.3 is 0 Å². The predicted molar refractivity (Wildman–Crippen MR) is 94.4 cm³/mol. The Morgan fingerprint density at radius 1 is 1.04 bits per heavy atom. The van der Waals surface area contributed by atoms with Crippen LogP contribution in [-0.4, -0.2) is 34.6 Å². The Morgan fingerprint density at radius 2 is 1.73 bits per heavy atom. The monoisotopic (exact) mass is 355 g/mol. The summed E-state index contributed by atoms with van der Waals surface area (Å²) in [6.45, 7) is 2.66. The molecule has 1 saturated heterocycles. The Hall–Kier alpha value is -2.57. The van der Waals surface area contributed by atoms with Crippen LogP contribution in [-0.2, 0) is 11.3 Å². The third kappa shape index (κ3) is 3.66. The second kappa shape index (κ2) is 7.35. The van der Waals surface area contributed by atoms with Crippen molar-refractivity contribution in [2.24, 2.45) is 0 Å². The van der Waals surface area contributed by atoms with Gasteiger partial charge < -0.3 is 9.72 Å². The van der Waals surface area contributed by atoms with Crippen LogP contribution in [0.4, 0.5) is 8.78 Å². The van der Waals surface area contributed by atoms with Crippen molar-refractivity contribution in [3.8, 4) is 11.3 Å². The summed E-state index contributed by atoms with van der Waals surface area (Å²) in [5, 5.41) is 0. The summed E-state index contributed by atoms with van der Waals surface area (Å²) in [4.78, 5) is 10.1. The second-order valence-electron chi connectivity index (χ2n) is 6.38. The number of halogens is 2. The lowest BCUT2D eigenvalue weighted by molar-refractivity contribution is -0.0156. The molecule has 0 amide bonds. The summed E-state index contributed by atoms with van der Waals surface area (Å²) in [5.41, 5.74) is 2.77. The highest BCUT2D eigenvalue weighted by Crippen LogP contribution is 2.26. The van der Waals surface area contributed by atoms with Gasteiger partial charge in [0.25, 0.3) is 0 Å². The van der Waals surface area contributed by atoms with Crippen molar-refractivity contribution in [1.29, 1.82) is 0 Å². The van der Waals surface area contributed by atoms with Crippen molar-refractivity contribution < 1.29 is 13.5 Å². The highest BCUT2D eigenvalue weighted by atomic mass is 19.1. The van der Waals surface area contributed by atoms with E-state index in [1.807, 2.05) is 0 Å². The first-order valence-electron chi connectivity index (χ1n) is 8.56. The van der Waals surface area contributed by atoms with Gasteiger partial charge in [0.15, 0.2) is 0 Å². The zero-order chi connectivity index (χ0) is 17.9. The van der Waals surface area contributed by atoms with Crippen LogP contribution in [0.5, 0.6) is 0 Å². The lowest BCUT2D eigenvalue weighted by Gasteiger charge is -2.34. The maximum absolute atomic E-state index is 13.1. The second-order valence-corrected chi connectivity index (χ2v) is 6.38. The minimum atomic E-state index is -0.264. The molecule has 0 saturated carbocycles. The van der Waals surface area contributed by atoms with E-state index in [9.17, 15) is 8.78 Å². The number of nitrogens with one attached hydrogen (secondary N) is 1. The number of aromatic nitrogens is 2. The first-order valence-corrected chi connectivity index (χ1v) is 8.56. The van der Waals surface area contributed by atoms with Crippen LogP contribution >= 0.6 is 0 Å². The fourth-order valence-electron chi connectivity index (χ4n) is 3.19.